The van der Waals surface area contributed by atoms with Gasteiger partial charge in [0.05, 0.1) is 18.8 Å². The third-order valence-corrected chi connectivity index (χ3v) is 10.2. The van der Waals surface area contributed by atoms with Gasteiger partial charge in [0.15, 0.2) is 0 Å². The molecule has 5 aromatic carbocycles. The van der Waals surface area contributed by atoms with Gasteiger partial charge in [-0.15, -0.1) is 0 Å². The highest BCUT2D eigenvalue weighted by Gasteiger charge is 2.18. The van der Waals surface area contributed by atoms with Crippen molar-refractivity contribution in [3.05, 3.63) is 96.6 Å². The Hall–Kier alpha value is -4.31. The highest BCUT2D eigenvalue weighted by Crippen LogP contribution is 2.45. The van der Waals surface area contributed by atoms with Crippen molar-refractivity contribution >= 4 is 27.5 Å². The number of ether oxygens (including phenoxy) is 2. The maximum Gasteiger partial charge on any atom is 0.335 e. The summed E-state index contributed by atoms with van der Waals surface area (Å²) in [6.07, 6.45) is 9.59. The van der Waals surface area contributed by atoms with Crippen LogP contribution in [0.2, 0.25) is 0 Å². The summed E-state index contributed by atoms with van der Waals surface area (Å²) in [5.74, 6) is 3.47. The lowest BCUT2D eigenvalue weighted by atomic mass is 9.86. The normalized spacial score (nSPS) is 12.9. The molecule has 5 aromatic rings. The summed E-state index contributed by atoms with van der Waals surface area (Å²) >= 11 is 0. The van der Waals surface area contributed by atoms with Crippen LogP contribution < -0.4 is 9.47 Å². The quantitative estimate of drug-likeness (QED) is 0.0879. The van der Waals surface area contributed by atoms with Crippen molar-refractivity contribution in [2.45, 2.75) is 92.9 Å². The number of aromatic carboxylic acids is 1. The van der Waals surface area contributed by atoms with Crippen LogP contribution in [0.5, 0.6) is 11.5 Å². The zero-order chi connectivity index (χ0) is 36.3. The number of rotatable bonds is 19. The fraction of sp³-hybridized carbons (Fsp3) is 0.426. The van der Waals surface area contributed by atoms with E-state index in [0.29, 0.717) is 25.0 Å². The van der Waals surface area contributed by atoms with E-state index in [1.165, 1.54) is 38.5 Å². The molecule has 0 saturated carbocycles. The Balaban J connectivity index is 1.51. The Labute approximate surface area is 306 Å². The first-order valence-electron chi connectivity index (χ1n) is 19.3. The molecule has 1 N–H and O–H groups in total. The van der Waals surface area contributed by atoms with Crippen LogP contribution in [0.1, 0.15) is 103 Å². The van der Waals surface area contributed by atoms with Crippen LogP contribution in [0.15, 0.2) is 91.0 Å². The van der Waals surface area contributed by atoms with Crippen LogP contribution >= 0.6 is 0 Å². The smallest absolute Gasteiger partial charge is 0.335 e. The van der Waals surface area contributed by atoms with E-state index < -0.39 is 5.97 Å². The van der Waals surface area contributed by atoms with Crippen molar-refractivity contribution in [3.63, 3.8) is 0 Å². The lowest BCUT2D eigenvalue weighted by Crippen LogP contribution is -2.06. The van der Waals surface area contributed by atoms with E-state index in [-0.39, 0.29) is 5.56 Å². The van der Waals surface area contributed by atoms with E-state index in [4.69, 9.17) is 9.47 Å². The molecule has 0 amide bonds. The molecule has 0 saturated heterocycles. The molecule has 4 nitrogen and oxygen atoms in total. The fourth-order valence-corrected chi connectivity index (χ4v) is 7.21. The van der Waals surface area contributed by atoms with Crippen LogP contribution in [0.25, 0.3) is 43.8 Å². The second-order valence-electron chi connectivity index (χ2n) is 15.6. The van der Waals surface area contributed by atoms with E-state index in [9.17, 15) is 9.90 Å². The molecule has 0 aliphatic heterocycles. The molecule has 4 heteroatoms. The van der Waals surface area contributed by atoms with Crippen molar-refractivity contribution in [1.29, 1.82) is 0 Å². The van der Waals surface area contributed by atoms with Gasteiger partial charge in [0, 0.05) is 6.07 Å². The van der Waals surface area contributed by atoms with E-state index in [1.807, 2.05) is 12.1 Å². The number of carboxylic acids is 1. The molecule has 0 heterocycles. The average molecular weight is 687 g/mol. The van der Waals surface area contributed by atoms with Crippen molar-refractivity contribution in [3.8, 4) is 33.8 Å². The third kappa shape index (κ3) is 10.4. The molecule has 0 aromatic heterocycles. The van der Waals surface area contributed by atoms with Gasteiger partial charge >= 0.3 is 5.97 Å². The Bertz CT molecular complexity index is 1770. The predicted molar refractivity (Wildman–Crippen MR) is 215 cm³/mol. The summed E-state index contributed by atoms with van der Waals surface area (Å²) in [7, 11) is 0. The fourth-order valence-electron chi connectivity index (χ4n) is 7.21. The van der Waals surface area contributed by atoms with Gasteiger partial charge < -0.3 is 14.6 Å². The van der Waals surface area contributed by atoms with Gasteiger partial charge in [-0.05, 0) is 105 Å². The number of benzene rings is 5. The number of fused-ring (bicyclic) bond motifs is 2. The summed E-state index contributed by atoms with van der Waals surface area (Å²) < 4.78 is 13.1. The monoisotopic (exact) mass is 686 g/mol. The lowest BCUT2D eigenvalue weighted by Gasteiger charge is -2.20. The molecule has 0 spiro atoms. The average Bonchev–Trinajstić information content (AvgIpc) is 3.10. The van der Waals surface area contributed by atoms with Crippen LogP contribution in [0, 0.1) is 23.7 Å². The van der Waals surface area contributed by atoms with Crippen LogP contribution in [0.3, 0.4) is 0 Å². The standard InChI is InChI=1S/C47H58O4/c1-32(2)13-11-15-34(5)25-27-50-39-29-38(30-40(31-39)51-28-26-35(6)16-12-14-33(3)4)46-43-19-9-7-17-41(43)45(42-18-8-10-20-44(42)46)36-21-23-37(24-22-36)47(48)49/h7-10,17-24,29-35H,11-16,25-28H2,1-6H3,(H,48,49)/t34-,35-/m0/s1. The Morgan fingerprint density at radius 2 is 0.941 bits per heavy atom. The molecule has 0 radical (unpaired) electrons. The summed E-state index contributed by atoms with van der Waals surface area (Å²) in [5, 5.41) is 14.0. The van der Waals surface area contributed by atoms with E-state index in [0.717, 1.165) is 80.0 Å². The minimum atomic E-state index is -0.923. The first kappa shape index (κ1) is 37.9. The first-order chi connectivity index (χ1) is 24.6. The molecule has 0 unspecified atom stereocenters. The molecular formula is C47H58O4. The van der Waals surface area contributed by atoms with Crippen LogP contribution in [0.4, 0.5) is 0 Å². The van der Waals surface area contributed by atoms with Gasteiger partial charge in [-0.1, -0.05) is 141 Å². The molecule has 5 rings (SSSR count). The second kappa shape index (κ2) is 18.3. The Morgan fingerprint density at radius 1 is 0.529 bits per heavy atom. The van der Waals surface area contributed by atoms with E-state index >= 15 is 0 Å². The maximum absolute atomic E-state index is 11.6. The summed E-state index contributed by atoms with van der Waals surface area (Å²) in [5.41, 5.74) is 4.58. The van der Waals surface area contributed by atoms with Crippen LogP contribution in [-0.2, 0) is 0 Å². The third-order valence-electron chi connectivity index (χ3n) is 10.2. The highest BCUT2D eigenvalue weighted by atomic mass is 16.5. The van der Waals surface area contributed by atoms with E-state index in [2.05, 4.69) is 108 Å². The summed E-state index contributed by atoms with van der Waals surface area (Å²) in [4.78, 5) is 11.6. The predicted octanol–water partition coefficient (Wildman–Crippen LogP) is 13.5. The maximum atomic E-state index is 11.6. The SMILES string of the molecule is CC(C)CCC[C@H](C)CCOc1cc(OCC[C@@H](C)CCCC(C)C)cc(-c2c3ccccc3c(-c3ccc(C(=O)O)cc3)c3ccccc23)c1. The first-order valence-corrected chi connectivity index (χ1v) is 19.3. The number of hydrogen-bond donors (Lipinski definition) is 1. The topological polar surface area (TPSA) is 55.8 Å². The van der Waals surface area contributed by atoms with Gasteiger partial charge in [-0.2, -0.15) is 0 Å². The summed E-state index contributed by atoms with van der Waals surface area (Å²) in [6, 6.07) is 30.7. The van der Waals surface area contributed by atoms with Gasteiger partial charge in [0.2, 0.25) is 0 Å². The molecular weight excluding hydrogens is 629 g/mol. The van der Waals surface area contributed by atoms with E-state index in [1.54, 1.807) is 12.1 Å². The van der Waals surface area contributed by atoms with Crippen molar-refractivity contribution in [2.24, 2.45) is 23.7 Å². The number of hydrogen-bond acceptors (Lipinski definition) is 3. The van der Waals surface area contributed by atoms with Gasteiger partial charge in [0.25, 0.3) is 0 Å². The minimum absolute atomic E-state index is 0.281. The van der Waals surface area contributed by atoms with Gasteiger partial charge in [0.1, 0.15) is 11.5 Å². The largest absolute Gasteiger partial charge is 0.493 e. The molecule has 2 atom stereocenters. The van der Waals surface area contributed by atoms with Crippen molar-refractivity contribution < 1.29 is 19.4 Å². The van der Waals surface area contributed by atoms with Crippen molar-refractivity contribution in [2.75, 3.05) is 13.2 Å². The Kier molecular flexibility index (Phi) is 13.6. The molecule has 0 bridgehead atoms. The highest BCUT2D eigenvalue weighted by molar-refractivity contribution is 6.21. The zero-order valence-corrected chi connectivity index (χ0v) is 31.7. The number of carboxylic acid groups (broad SMARTS) is 1. The molecule has 0 aliphatic carbocycles. The molecule has 0 aliphatic rings. The van der Waals surface area contributed by atoms with Gasteiger partial charge in [-0.3, -0.25) is 0 Å². The zero-order valence-electron chi connectivity index (χ0n) is 31.7. The summed E-state index contributed by atoms with van der Waals surface area (Å²) in [6.45, 7) is 15.2. The molecule has 51 heavy (non-hydrogen) atoms. The molecule has 270 valence electrons. The van der Waals surface area contributed by atoms with Crippen LogP contribution in [-0.4, -0.2) is 24.3 Å². The minimum Gasteiger partial charge on any atom is -0.493 e. The Morgan fingerprint density at radius 3 is 1.33 bits per heavy atom. The van der Waals surface area contributed by atoms with Crippen molar-refractivity contribution in [1.82, 2.24) is 0 Å². The lowest BCUT2D eigenvalue weighted by molar-refractivity contribution is 0.0697. The number of carbonyl (C=O) groups is 1. The molecule has 0 fully saturated rings. The van der Waals surface area contributed by atoms with Gasteiger partial charge in [-0.25, -0.2) is 4.79 Å². The second-order valence-corrected chi connectivity index (χ2v) is 15.6.